The van der Waals surface area contributed by atoms with E-state index in [0.29, 0.717) is 77.2 Å². The summed E-state index contributed by atoms with van der Waals surface area (Å²) >= 11 is 3.23. The van der Waals surface area contributed by atoms with Gasteiger partial charge in [0.25, 0.3) is 0 Å². The van der Waals surface area contributed by atoms with Crippen LogP contribution in [0.5, 0.6) is 11.5 Å². The lowest BCUT2D eigenvalue weighted by molar-refractivity contribution is 0.0725. The van der Waals surface area contributed by atoms with Crippen LogP contribution < -0.4 is 42.0 Å². The molecule has 0 spiro atoms. The van der Waals surface area contributed by atoms with Crippen molar-refractivity contribution in [3.05, 3.63) is 397 Å². The molecule has 14 aromatic carbocycles. The van der Waals surface area contributed by atoms with E-state index in [-0.39, 0.29) is 34.0 Å². The molecule has 526 valence electrons. The SMILES string of the molecule is N#C/C(c1cnc2cc(Sc3ccccc3)ccc2n1)=c1\c2c(-c3ccc(OC(=O)c4ccc5ccccc5c4)cc3)n(B(c3ccccc3)c3ccccc3)/c(=C(/C#N)c3cnc4cc(Sc5ccccc5)ccc4n3)c2c(-c2ccc(OC(=O)c3ccc4ccccc4c3)cc2)n1B(c1ccccc1)c1ccccc1. The summed E-state index contributed by atoms with van der Waals surface area (Å²) in [7, 11) is 0. The molecule has 4 aromatic heterocycles. The zero-order valence-electron chi connectivity index (χ0n) is 59.8. The van der Waals surface area contributed by atoms with E-state index < -0.39 is 25.6 Å². The van der Waals surface area contributed by atoms with Gasteiger partial charge in [-0.25, -0.2) is 19.6 Å². The lowest BCUT2D eigenvalue weighted by Crippen LogP contribution is -2.54. The van der Waals surface area contributed by atoms with Crippen LogP contribution in [-0.2, 0) is 0 Å². The van der Waals surface area contributed by atoms with Crippen LogP contribution in [0, 0.1) is 22.7 Å². The number of aromatic nitrogens is 6. The second-order valence-corrected chi connectivity index (χ2v) is 29.2. The lowest BCUT2D eigenvalue weighted by Gasteiger charge is -2.24. The van der Waals surface area contributed by atoms with Crippen molar-refractivity contribution >= 4 is 137 Å². The van der Waals surface area contributed by atoms with Crippen molar-refractivity contribution in [1.29, 1.82) is 10.5 Å². The zero-order chi connectivity index (χ0) is 75.4. The van der Waals surface area contributed by atoms with Crippen molar-refractivity contribution in [3.63, 3.8) is 0 Å². The van der Waals surface area contributed by atoms with Crippen LogP contribution in [0.3, 0.4) is 0 Å². The maximum absolute atomic E-state index is 14.4. The maximum Gasteiger partial charge on any atom is 0.343 e. The maximum atomic E-state index is 14.4. The number of ether oxygens (including phenoxy) is 2. The van der Waals surface area contributed by atoms with E-state index >= 15 is 0 Å². The molecule has 18 aromatic rings. The number of nitriles is 2. The molecular formula is C96H60B2N8O4S2. The minimum absolute atomic E-state index is 0.154. The summed E-state index contributed by atoms with van der Waals surface area (Å²) in [5.74, 6) is -0.542. The highest BCUT2D eigenvalue weighted by molar-refractivity contribution is 7.99. The second-order valence-electron chi connectivity index (χ2n) is 26.9. The number of esters is 2. The fourth-order valence-electron chi connectivity index (χ4n) is 14.9. The number of rotatable bonds is 18. The Balaban J connectivity index is 0.996. The summed E-state index contributed by atoms with van der Waals surface area (Å²) in [6, 6.07) is 120. The van der Waals surface area contributed by atoms with Gasteiger partial charge >= 0.3 is 25.6 Å². The number of nitrogens with zero attached hydrogens (tertiary/aromatic N) is 8. The third kappa shape index (κ3) is 13.7. The van der Waals surface area contributed by atoms with Gasteiger partial charge < -0.3 is 18.4 Å². The highest BCUT2D eigenvalue weighted by atomic mass is 32.2. The molecule has 4 heterocycles. The van der Waals surface area contributed by atoms with Gasteiger partial charge in [-0.2, -0.15) is 10.5 Å². The molecule has 18 rings (SSSR count). The fourth-order valence-corrected chi connectivity index (χ4v) is 16.6. The summed E-state index contributed by atoms with van der Waals surface area (Å²) in [6.07, 6.45) is 3.35. The third-order valence-electron chi connectivity index (χ3n) is 20.0. The van der Waals surface area contributed by atoms with Crippen LogP contribution >= 0.6 is 23.5 Å². The molecule has 12 nitrogen and oxygen atoms in total. The van der Waals surface area contributed by atoms with Crippen LogP contribution in [0.2, 0.25) is 0 Å². The summed E-state index contributed by atoms with van der Waals surface area (Å²) in [5.41, 5.74) is 9.75. The van der Waals surface area contributed by atoms with Crippen LogP contribution in [-0.4, -0.2) is 54.5 Å². The molecular weight excluding hydrogens is 1410 g/mol. The standard InChI is InChI=1S/C96H60B2N8O4S2/c99-59-81(87-61-101-85-57-79(51-53-83(85)103-87)111-77-35-15-5-16-36-77)93-90-89(91(105(93)97(71-27-7-1-8-28-71)72-29-9-2-10-30-72)65-43-47-75(48-44-65)109-95(107)69-41-39-63-23-19-21-25-67(63)55-69)94(82(60-100)88-62-102-86-58-80(52-54-84(86)104-88)112-78-37-17-6-18-38-78)106(98(73-31-11-3-12-32-73)74-33-13-4-14-34-74)92(90)66-45-49-76(50-46-66)110-96(108)70-42-40-64-24-20-22-26-68(64)56-70/h1-58,61-62H/b93-81-,94-82-. The minimum Gasteiger partial charge on any atom is -0.423 e. The van der Waals surface area contributed by atoms with Gasteiger partial charge in [0.1, 0.15) is 46.2 Å². The van der Waals surface area contributed by atoms with E-state index in [4.69, 9.17) is 29.4 Å². The van der Waals surface area contributed by atoms with Gasteiger partial charge in [0.2, 0.25) is 0 Å². The lowest BCUT2D eigenvalue weighted by atomic mass is 9.50. The van der Waals surface area contributed by atoms with Crippen molar-refractivity contribution in [1.82, 2.24) is 28.9 Å². The number of carbonyl (C=O) groups is 2. The zero-order valence-corrected chi connectivity index (χ0v) is 61.5. The predicted octanol–water partition coefficient (Wildman–Crippen LogP) is 17.5. The topological polar surface area (TPSA) is 162 Å². The number of carbonyl (C=O) groups excluding carboxylic acids is 2. The van der Waals surface area contributed by atoms with Gasteiger partial charge in [0.15, 0.2) is 0 Å². The quantitative estimate of drug-likeness (QED) is 0.0455. The molecule has 0 N–H and O–H groups in total. The first-order valence-electron chi connectivity index (χ1n) is 36.5. The summed E-state index contributed by atoms with van der Waals surface area (Å²) in [4.78, 5) is 54.2. The first-order valence-corrected chi connectivity index (χ1v) is 38.1. The number of benzene rings is 14. The summed E-state index contributed by atoms with van der Waals surface area (Å²) < 4.78 is 17.1. The van der Waals surface area contributed by atoms with E-state index in [1.165, 1.54) is 0 Å². The monoisotopic (exact) mass is 1470 g/mol. The number of fused-ring (bicyclic) bond motifs is 5. The Kier molecular flexibility index (Phi) is 19.0. The second kappa shape index (κ2) is 30.7. The molecule has 0 aliphatic carbocycles. The van der Waals surface area contributed by atoms with E-state index in [0.717, 1.165) is 63.0 Å². The molecule has 0 unspecified atom stereocenters. The molecule has 16 heteroatoms. The van der Waals surface area contributed by atoms with Crippen LogP contribution in [0.15, 0.2) is 384 Å². The Bertz CT molecular complexity index is 6390. The van der Waals surface area contributed by atoms with Crippen LogP contribution in [0.4, 0.5) is 0 Å². The molecule has 0 aliphatic heterocycles. The first kappa shape index (κ1) is 69.3. The highest BCUT2D eigenvalue weighted by Crippen LogP contribution is 2.39. The first-order chi connectivity index (χ1) is 55.2. The van der Waals surface area contributed by atoms with E-state index in [1.54, 1.807) is 72.3 Å². The number of hydrogen-bond donors (Lipinski definition) is 0. The Hall–Kier alpha value is -14.4. The molecule has 112 heavy (non-hydrogen) atoms. The Morgan fingerprint density at radius 2 is 0.661 bits per heavy atom. The Morgan fingerprint density at radius 3 is 1.01 bits per heavy atom. The summed E-state index contributed by atoms with van der Waals surface area (Å²) in [5, 5.41) is 31.4. The third-order valence-corrected chi connectivity index (χ3v) is 22.0. The van der Waals surface area contributed by atoms with Gasteiger partial charge in [-0.1, -0.05) is 264 Å². The average Bonchev–Trinajstić information content (AvgIpc) is 1.56. The molecule has 0 bridgehead atoms. The van der Waals surface area contributed by atoms with Gasteiger partial charge in [0, 0.05) is 41.7 Å². The number of hydrogen-bond acceptors (Lipinski definition) is 12. The Labute approximate surface area is 653 Å². The fraction of sp³-hybridized carbons (Fsp3) is 0. The largest absolute Gasteiger partial charge is 0.423 e. The normalized spacial score (nSPS) is 11.8. The average molecular weight is 1480 g/mol. The van der Waals surface area contributed by atoms with Crippen molar-refractivity contribution in [2.24, 2.45) is 0 Å². The van der Waals surface area contributed by atoms with Crippen molar-refractivity contribution in [2.45, 2.75) is 19.6 Å². The van der Waals surface area contributed by atoms with Gasteiger partial charge in [-0.3, -0.25) is 9.97 Å². The molecule has 0 amide bonds. The Morgan fingerprint density at radius 1 is 0.330 bits per heavy atom. The van der Waals surface area contributed by atoms with Gasteiger partial charge in [-0.05, 0) is 166 Å². The van der Waals surface area contributed by atoms with E-state index in [2.05, 4.69) is 93.9 Å². The van der Waals surface area contributed by atoms with Gasteiger partial charge in [0.05, 0.1) is 56.3 Å². The van der Waals surface area contributed by atoms with Crippen molar-refractivity contribution < 1.29 is 19.1 Å². The molecule has 0 aliphatic rings. The smallest absolute Gasteiger partial charge is 0.343 e. The van der Waals surface area contributed by atoms with Crippen LogP contribution in [0.1, 0.15) is 32.1 Å². The van der Waals surface area contributed by atoms with E-state index in [1.807, 2.05) is 243 Å². The van der Waals surface area contributed by atoms with Crippen molar-refractivity contribution in [3.8, 4) is 46.2 Å². The molecule has 0 saturated heterocycles. The highest BCUT2D eigenvalue weighted by Gasteiger charge is 2.38. The predicted molar refractivity (Wildman–Crippen MR) is 451 cm³/mol. The molecule has 0 atom stereocenters. The molecule has 0 fully saturated rings. The molecule has 0 saturated carbocycles. The van der Waals surface area contributed by atoms with Crippen LogP contribution in [0.25, 0.3) is 88.0 Å². The summed E-state index contributed by atoms with van der Waals surface area (Å²) in [6.45, 7) is -1.50. The minimum atomic E-state index is -0.751. The van der Waals surface area contributed by atoms with Crippen molar-refractivity contribution in [2.75, 3.05) is 0 Å². The van der Waals surface area contributed by atoms with Gasteiger partial charge in [-0.15, -0.1) is 0 Å². The molecule has 0 radical (unpaired) electrons. The van der Waals surface area contributed by atoms with E-state index in [9.17, 15) is 20.1 Å².